The van der Waals surface area contributed by atoms with Crippen LogP contribution in [0, 0.1) is 0 Å². The van der Waals surface area contributed by atoms with Crippen molar-refractivity contribution in [3.05, 3.63) is 40.3 Å². The number of primary sulfonamides is 1. The first kappa shape index (κ1) is 14.9. The molecule has 10 heteroatoms. The summed E-state index contributed by atoms with van der Waals surface area (Å²) in [7, 11) is -3.69. The second kappa shape index (κ2) is 5.88. The lowest BCUT2D eigenvalue weighted by molar-refractivity contribution is 0.598. The third-order valence-electron chi connectivity index (χ3n) is 2.33. The highest BCUT2D eigenvalue weighted by Gasteiger charge is 2.08. The molecule has 2 rings (SSSR count). The van der Waals surface area contributed by atoms with Crippen molar-refractivity contribution in [2.75, 3.05) is 5.32 Å². The number of aromatic nitrogens is 3. The van der Waals surface area contributed by atoms with Crippen LogP contribution in [0.25, 0.3) is 0 Å². The quantitative estimate of drug-likeness (QED) is 0.875. The Hall–Kier alpha value is -1.48. The van der Waals surface area contributed by atoms with Gasteiger partial charge in [0.1, 0.15) is 0 Å². The number of anilines is 1. The van der Waals surface area contributed by atoms with Crippen molar-refractivity contribution in [1.29, 1.82) is 0 Å². The maximum Gasteiger partial charge on any atom is 0.245 e. The Labute approximate surface area is 125 Å². The van der Waals surface area contributed by atoms with E-state index < -0.39 is 10.0 Å². The Bertz CT molecular complexity index is 721. The standard InChI is InChI=1S/C10H9Cl2N5O2S/c11-8-9(15-10(12)17-16-8)14-5-6-1-3-7(4-2-6)20(13,18)19/h1-4H,5H2,(H2,13,18,19)(H,14,15,17). The normalized spacial score (nSPS) is 11.3. The highest BCUT2D eigenvalue weighted by Crippen LogP contribution is 2.17. The van der Waals surface area contributed by atoms with Crippen LogP contribution >= 0.6 is 23.2 Å². The summed E-state index contributed by atoms with van der Waals surface area (Å²) in [6.45, 7) is 0.361. The zero-order chi connectivity index (χ0) is 14.8. The molecule has 1 aromatic carbocycles. The number of nitrogens with one attached hydrogen (secondary N) is 1. The Kier molecular flexibility index (Phi) is 4.39. The molecule has 7 nitrogen and oxygen atoms in total. The molecular formula is C10H9Cl2N5O2S. The SMILES string of the molecule is NS(=O)(=O)c1ccc(CNc2nc(Cl)nnc2Cl)cc1. The summed E-state index contributed by atoms with van der Waals surface area (Å²) in [5.41, 5.74) is 0.809. The zero-order valence-electron chi connectivity index (χ0n) is 9.92. The van der Waals surface area contributed by atoms with Crippen molar-refractivity contribution in [1.82, 2.24) is 15.2 Å². The molecule has 0 saturated heterocycles. The summed E-state index contributed by atoms with van der Waals surface area (Å²) in [6, 6.07) is 6.08. The molecule has 0 saturated carbocycles. The van der Waals surface area contributed by atoms with E-state index in [9.17, 15) is 8.42 Å². The predicted octanol–water partition coefficient (Wildman–Crippen LogP) is 1.44. The van der Waals surface area contributed by atoms with E-state index >= 15 is 0 Å². The molecule has 0 radical (unpaired) electrons. The zero-order valence-corrected chi connectivity index (χ0v) is 12.2. The van der Waals surface area contributed by atoms with Gasteiger partial charge in [0.25, 0.3) is 0 Å². The first-order chi connectivity index (χ1) is 9.36. The number of sulfonamides is 1. The van der Waals surface area contributed by atoms with Gasteiger partial charge in [-0.2, -0.15) is 4.98 Å². The maximum atomic E-state index is 11.1. The van der Waals surface area contributed by atoms with Crippen LogP contribution in [-0.4, -0.2) is 23.6 Å². The fourth-order valence-corrected chi connectivity index (χ4v) is 2.17. The first-order valence-electron chi connectivity index (χ1n) is 5.27. The summed E-state index contributed by atoms with van der Waals surface area (Å²) in [5, 5.41) is 15.1. The van der Waals surface area contributed by atoms with Gasteiger partial charge in [0, 0.05) is 6.54 Å². The minimum atomic E-state index is -3.69. The lowest BCUT2D eigenvalue weighted by Crippen LogP contribution is -2.12. The minimum Gasteiger partial charge on any atom is -0.363 e. The van der Waals surface area contributed by atoms with Crippen LogP contribution in [0.4, 0.5) is 5.82 Å². The van der Waals surface area contributed by atoms with Crippen molar-refractivity contribution in [2.45, 2.75) is 11.4 Å². The smallest absolute Gasteiger partial charge is 0.245 e. The Balaban J connectivity index is 2.10. The summed E-state index contributed by atoms with van der Waals surface area (Å²) in [5.74, 6) is 0.294. The fourth-order valence-electron chi connectivity index (χ4n) is 1.39. The third-order valence-corrected chi connectivity index (χ3v) is 3.68. The number of halogens is 2. The number of benzene rings is 1. The molecule has 0 atom stereocenters. The number of rotatable bonds is 4. The molecular weight excluding hydrogens is 325 g/mol. The van der Waals surface area contributed by atoms with E-state index in [1.165, 1.54) is 12.1 Å². The Morgan fingerprint density at radius 3 is 2.40 bits per heavy atom. The van der Waals surface area contributed by atoms with Gasteiger partial charge < -0.3 is 5.32 Å². The molecule has 0 bridgehead atoms. The van der Waals surface area contributed by atoms with E-state index in [2.05, 4.69) is 20.5 Å². The molecule has 0 aliphatic carbocycles. The lowest BCUT2D eigenvalue weighted by Gasteiger charge is -2.07. The highest BCUT2D eigenvalue weighted by atomic mass is 35.5. The molecule has 0 unspecified atom stereocenters. The monoisotopic (exact) mass is 333 g/mol. The van der Waals surface area contributed by atoms with Crippen molar-refractivity contribution < 1.29 is 8.42 Å². The maximum absolute atomic E-state index is 11.1. The van der Waals surface area contributed by atoms with Crippen LogP contribution in [0.15, 0.2) is 29.2 Å². The third kappa shape index (κ3) is 3.76. The van der Waals surface area contributed by atoms with Crippen LogP contribution in [0.5, 0.6) is 0 Å². The second-order valence-corrected chi connectivity index (χ2v) is 6.02. The van der Waals surface area contributed by atoms with Gasteiger partial charge in [0.15, 0.2) is 11.0 Å². The van der Waals surface area contributed by atoms with Crippen molar-refractivity contribution in [3.63, 3.8) is 0 Å². The summed E-state index contributed by atoms with van der Waals surface area (Å²) >= 11 is 11.4. The van der Waals surface area contributed by atoms with Crippen LogP contribution in [-0.2, 0) is 16.6 Å². The number of hydrogen-bond acceptors (Lipinski definition) is 6. The summed E-state index contributed by atoms with van der Waals surface area (Å²) < 4.78 is 22.2. The molecule has 3 N–H and O–H groups in total. The number of nitrogens with two attached hydrogens (primary N) is 1. The van der Waals surface area contributed by atoms with Crippen LogP contribution in [0.3, 0.4) is 0 Å². The van der Waals surface area contributed by atoms with Gasteiger partial charge >= 0.3 is 0 Å². The van der Waals surface area contributed by atoms with E-state index in [1.807, 2.05) is 0 Å². The van der Waals surface area contributed by atoms with E-state index in [1.54, 1.807) is 12.1 Å². The molecule has 20 heavy (non-hydrogen) atoms. The lowest BCUT2D eigenvalue weighted by atomic mass is 10.2. The average Bonchev–Trinajstić information content (AvgIpc) is 2.39. The van der Waals surface area contributed by atoms with E-state index in [0.29, 0.717) is 12.4 Å². The van der Waals surface area contributed by atoms with Crippen molar-refractivity contribution >= 4 is 39.0 Å². The van der Waals surface area contributed by atoms with Gasteiger partial charge in [-0.1, -0.05) is 23.7 Å². The molecule has 1 heterocycles. The topological polar surface area (TPSA) is 111 Å². The summed E-state index contributed by atoms with van der Waals surface area (Å²) in [6.07, 6.45) is 0. The van der Waals surface area contributed by atoms with E-state index in [-0.39, 0.29) is 15.3 Å². The fraction of sp³-hybridized carbons (Fsp3) is 0.100. The van der Waals surface area contributed by atoms with Crippen LogP contribution < -0.4 is 10.5 Å². The number of nitrogens with zero attached hydrogens (tertiary/aromatic N) is 3. The van der Waals surface area contributed by atoms with Gasteiger partial charge in [-0.05, 0) is 29.3 Å². The van der Waals surface area contributed by atoms with E-state index in [4.69, 9.17) is 28.3 Å². The van der Waals surface area contributed by atoms with Gasteiger partial charge in [-0.3, -0.25) is 0 Å². The second-order valence-electron chi connectivity index (χ2n) is 3.76. The molecule has 0 aliphatic heterocycles. The van der Waals surface area contributed by atoms with Gasteiger partial charge in [0.05, 0.1) is 4.90 Å². The molecule has 0 spiro atoms. The molecule has 0 amide bonds. The average molecular weight is 334 g/mol. The van der Waals surface area contributed by atoms with Gasteiger partial charge in [-0.25, -0.2) is 13.6 Å². The van der Waals surface area contributed by atoms with Crippen LogP contribution in [0.2, 0.25) is 10.4 Å². The van der Waals surface area contributed by atoms with Gasteiger partial charge in [0.2, 0.25) is 15.3 Å². The largest absolute Gasteiger partial charge is 0.363 e. The Morgan fingerprint density at radius 1 is 1.15 bits per heavy atom. The van der Waals surface area contributed by atoms with Gasteiger partial charge in [-0.15, -0.1) is 10.2 Å². The van der Waals surface area contributed by atoms with E-state index in [0.717, 1.165) is 5.56 Å². The Morgan fingerprint density at radius 2 is 1.80 bits per heavy atom. The molecule has 106 valence electrons. The summed E-state index contributed by atoms with van der Waals surface area (Å²) in [4.78, 5) is 3.92. The molecule has 1 aromatic heterocycles. The predicted molar refractivity (Wildman–Crippen MR) is 75.0 cm³/mol. The minimum absolute atomic E-state index is 0.0264. The van der Waals surface area contributed by atoms with Crippen LogP contribution in [0.1, 0.15) is 5.56 Å². The molecule has 2 aromatic rings. The van der Waals surface area contributed by atoms with Crippen molar-refractivity contribution in [2.24, 2.45) is 5.14 Å². The number of hydrogen-bond donors (Lipinski definition) is 2. The first-order valence-corrected chi connectivity index (χ1v) is 7.58. The molecule has 0 fully saturated rings. The highest BCUT2D eigenvalue weighted by molar-refractivity contribution is 7.89. The molecule has 0 aliphatic rings. The van der Waals surface area contributed by atoms with Crippen molar-refractivity contribution in [3.8, 4) is 0 Å².